The summed E-state index contributed by atoms with van der Waals surface area (Å²) in [4.78, 5) is 34.7. The Morgan fingerprint density at radius 2 is 1.52 bits per heavy atom. The molecule has 2 aromatic rings. The summed E-state index contributed by atoms with van der Waals surface area (Å²) in [6, 6.07) is 14.3. The molecule has 0 heterocycles. The van der Waals surface area contributed by atoms with Gasteiger partial charge in [-0.2, -0.15) is 0 Å². The third-order valence-electron chi connectivity index (χ3n) is 3.49. The molecule has 0 bridgehead atoms. The van der Waals surface area contributed by atoms with Crippen molar-refractivity contribution < 1.29 is 14.4 Å². The van der Waals surface area contributed by atoms with E-state index in [4.69, 9.17) is 0 Å². The van der Waals surface area contributed by atoms with Crippen LogP contribution in [0.4, 0.5) is 5.69 Å². The minimum absolute atomic E-state index is 0.0866. The second-order valence-electron chi connectivity index (χ2n) is 5.70. The van der Waals surface area contributed by atoms with Gasteiger partial charge in [0.1, 0.15) is 0 Å². The summed E-state index contributed by atoms with van der Waals surface area (Å²) in [6.07, 6.45) is 0. The van der Waals surface area contributed by atoms with Crippen molar-refractivity contribution in [3.63, 3.8) is 0 Å². The van der Waals surface area contributed by atoms with Gasteiger partial charge in [0, 0.05) is 24.7 Å². The lowest BCUT2D eigenvalue weighted by atomic mass is 10.1. The monoisotopic (exact) mass is 339 g/mol. The number of amides is 3. The van der Waals surface area contributed by atoms with Crippen molar-refractivity contribution in [3.8, 4) is 0 Å². The van der Waals surface area contributed by atoms with Crippen LogP contribution in [-0.2, 0) is 16.1 Å². The topological polar surface area (TPSA) is 87.3 Å². The van der Waals surface area contributed by atoms with Gasteiger partial charge >= 0.3 is 0 Å². The lowest BCUT2D eigenvalue weighted by Crippen LogP contribution is -2.36. The zero-order chi connectivity index (χ0) is 18.2. The fourth-order valence-corrected chi connectivity index (χ4v) is 2.14. The first-order valence-electron chi connectivity index (χ1n) is 7.92. The molecule has 6 heteroatoms. The Morgan fingerprint density at radius 3 is 2.12 bits per heavy atom. The van der Waals surface area contributed by atoms with Crippen LogP contribution >= 0.6 is 0 Å². The largest absolute Gasteiger partial charge is 0.350 e. The smallest absolute Gasteiger partial charge is 0.251 e. The maximum atomic E-state index is 11.9. The van der Waals surface area contributed by atoms with Crippen LogP contribution in [0.3, 0.4) is 0 Å². The quantitative estimate of drug-likeness (QED) is 0.752. The third kappa shape index (κ3) is 6.10. The van der Waals surface area contributed by atoms with Gasteiger partial charge in [0.15, 0.2) is 0 Å². The van der Waals surface area contributed by atoms with Crippen molar-refractivity contribution in [1.82, 2.24) is 10.6 Å². The molecule has 0 saturated carbocycles. The van der Waals surface area contributed by atoms with E-state index >= 15 is 0 Å². The first-order chi connectivity index (χ1) is 11.9. The summed E-state index contributed by atoms with van der Waals surface area (Å²) in [5, 5.41) is 8.00. The molecule has 0 aliphatic heterocycles. The van der Waals surface area contributed by atoms with Gasteiger partial charge in [-0.3, -0.25) is 14.4 Å². The van der Waals surface area contributed by atoms with E-state index in [1.807, 2.05) is 31.2 Å². The summed E-state index contributed by atoms with van der Waals surface area (Å²) in [5.41, 5.74) is 3.19. The summed E-state index contributed by atoms with van der Waals surface area (Å²) in [5.74, 6) is -0.688. The van der Waals surface area contributed by atoms with E-state index in [9.17, 15) is 14.4 Å². The van der Waals surface area contributed by atoms with Crippen molar-refractivity contribution >= 4 is 23.4 Å². The fourth-order valence-electron chi connectivity index (χ4n) is 2.14. The Morgan fingerprint density at radius 1 is 0.880 bits per heavy atom. The SMILES string of the molecule is CC(=O)Nc1ccc(CNC(=O)CNC(=O)c2ccc(C)cc2)cc1. The minimum Gasteiger partial charge on any atom is -0.350 e. The second-order valence-corrected chi connectivity index (χ2v) is 5.70. The number of nitrogens with one attached hydrogen (secondary N) is 3. The number of rotatable bonds is 6. The molecule has 6 nitrogen and oxygen atoms in total. The van der Waals surface area contributed by atoms with Crippen molar-refractivity contribution in [2.75, 3.05) is 11.9 Å². The minimum atomic E-state index is -0.283. The highest BCUT2D eigenvalue weighted by Crippen LogP contribution is 2.09. The molecule has 0 unspecified atom stereocenters. The van der Waals surface area contributed by atoms with Crippen molar-refractivity contribution in [3.05, 3.63) is 65.2 Å². The van der Waals surface area contributed by atoms with Gasteiger partial charge in [-0.05, 0) is 36.8 Å². The van der Waals surface area contributed by atoms with Crippen molar-refractivity contribution in [2.45, 2.75) is 20.4 Å². The highest BCUT2D eigenvalue weighted by molar-refractivity contribution is 5.96. The summed E-state index contributed by atoms with van der Waals surface area (Å²) in [6.45, 7) is 3.65. The molecule has 0 radical (unpaired) electrons. The molecule has 0 aliphatic rings. The van der Waals surface area contributed by atoms with Crippen LogP contribution in [-0.4, -0.2) is 24.3 Å². The third-order valence-corrected chi connectivity index (χ3v) is 3.49. The Kier molecular flexibility index (Phi) is 6.28. The molecule has 0 fully saturated rings. The van der Waals surface area contributed by atoms with E-state index in [0.717, 1.165) is 11.1 Å². The molecule has 0 aromatic heterocycles. The highest BCUT2D eigenvalue weighted by atomic mass is 16.2. The maximum absolute atomic E-state index is 11.9. The zero-order valence-corrected chi connectivity index (χ0v) is 14.3. The molecule has 3 amide bonds. The lowest BCUT2D eigenvalue weighted by Gasteiger charge is -2.08. The molecule has 2 aromatic carbocycles. The Balaban J connectivity index is 1.75. The van der Waals surface area contributed by atoms with Crippen LogP contribution in [0, 0.1) is 6.92 Å². The standard InChI is InChI=1S/C19H21N3O3/c1-13-3-7-16(8-4-13)19(25)21-12-18(24)20-11-15-5-9-17(10-6-15)22-14(2)23/h3-10H,11-12H2,1-2H3,(H,20,24)(H,21,25)(H,22,23). The molecule has 25 heavy (non-hydrogen) atoms. The average molecular weight is 339 g/mol. The van der Waals surface area contributed by atoms with Crippen LogP contribution in [0.2, 0.25) is 0 Å². The zero-order valence-electron chi connectivity index (χ0n) is 14.3. The predicted molar refractivity (Wildman–Crippen MR) is 96.1 cm³/mol. The van der Waals surface area contributed by atoms with E-state index in [2.05, 4.69) is 16.0 Å². The molecular weight excluding hydrogens is 318 g/mol. The van der Waals surface area contributed by atoms with Gasteiger partial charge in [-0.25, -0.2) is 0 Å². The summed E-state index contributed by atoms with van der Waals surface area (Å²) >= 11 is 0. The molecule has 0 aliphatic carbocycles. The van der Waals surface area contributed by atoms with Crippen molar-refractivity contribution in [1.29, 1.82) is 0 Å². The average Bonchev–Trinajstić information content (AvgIpc) is 2.59. The van der Waals surface area contributed by atoms with Crippen LogP contribution in [0.15, 0.2) is 48.5 Å². The van der Waals surface area contributed by atoms with Crippen LogP contribution in [0.25, 0.3) is 0 Å². The molecule has 0 spiro atoms. The molecule has 130 valence electrons. The first kappa shape index (κ1) is 18.2. The van der Waals surface area contributed by atoms with E-state index in [-0.39, 0.29) is 24.3 Å². The van der Waals surface area contributed by atoms with Crippen LogP contribution < -0.4 is 16.0 Å². The van der Waals surface area contributed by atoms with Gasteiger partial charge in [-0.1, -0.05) is 29.8 Å². The van der Waals surface area contributed by atoms with Gasteiger partial charge in [0.05, 0.1) is 6.54 Å². The Hall–Kier alpha value is -3.15. The molecule has 0 atom stereocenters. The Labute approximate surface area is 146 Å². The maximum Gasteiger partial charge on any atom is 0.251 e. The number of hydrogen-bond donors (Lipinski definition) is 3. The van der Waals surface area contributed by atoms with Gasteiger partial charge in [0.2, 0.25) is 11.8 Å². The van der Waals surface area contributed by atoms with Gasteiger partial charge in [-0.15, -0.1) is 0 Å². The molecule has 3 N–H and O–H groups in total. The lowest BCUT2D eigenvalue weighted by molar-refractivity contribution is -0.120. The normalized spacial score (nSPS) is 10.0. The van der Waals surface area contributed by atoms with Crippen LogP contribution in [0.1, 0.15) is 28.4 Å². The second kappa shape index (κ2) is 8.63. The molecule has 0 saturated heterocycles. The predicted octanol–water partition coefficient (Wildman–Crippen LogP) is 2.00. The van der Waals surface area contributed by atoms with E-state index in [0.29, 0.717) is 17.8 Å². The van der Waals surface area contributed by atoms with Crippen molar-refractivity contribution in [2.24, 2.45) is 0 Å². The number of benzene rings is 2. The van der Waals surface area contributed by atoms with Gasteiger partial charge < -0.3 is 16.0 Å². The first-order valence-corrected chi connectivity index (χ1v) is 7.92. The molecule has 2 rings (SSSR count). The number of carbonyl (C=O) groups excluding carboxylic acids is 3. The summed E-state index contributed by atoms with van der Waals surface area (Å²) in [7, 11) is 0. The van der Waals surface area contributed by atoms with Crippen LogP contribution in [0.5, 0.6) is 0 Å². The number of carbonyl (C=O) groups is 3. The number of hydrogen-bond acceptors (Lipinski definition) is 3. The van der Waals surface area contributed by atoms with Gasteiger partial charge in [0.25, 0.3) is 5.91 Å². The summed E-state index contributed by atoms with van der Waals surface area (Å²) < 4.78 is 0. The fraction of sp³-hybridized carbons (Fsp3) is 0.211. The number of aryl methyl sites for hydroxylation is 1. The Bertz CT molecular complexity index is 752. The van der Waals surface area contributed by atoms with E-state index in [1.54, 1.807) is 24.3 Å². The molecular formula is C19H21N3O3. The number of anilines is 1. The van der Waals surface area contributed by atoms with E-state index in [1.165, 1.54) is 6.92 Å². The highest BCUT2D eigenvalue weighted by Gasteiger charge is 2.07. The van der Waals surface area contributed by atoms with E-state index < -0.39 is 0 Å².